The SMILES string of the molecule is CCc1ccc(C[NH+]2CCN(C(=O)c3ccc([N+](=O)[O-])cc3)CC2)cc1. The zero-order chi connectivity index (χ0) is 18.5. The van der Waals surface area contributed by atoms with Gasteiger partial charge in [0.25, 0.3) is 11.6 Å². The molecule has 0 bridgehead atoms. The monoisotopic (exact) mass is 354 g/mol. The Bertz CT molecular complexity index is 764. The topological polar surface area (TPSA) is 67.9 Å². The molecule has 1 aliphatic rings. The molecule has 1 aliphatic heterocycles. The molecule has 3 rings (SSSR count). The van der Waals surface area contributed by atoms with Gasteiger partial charge in [-0.15, -0.1) is 0 Å². The third-order valence-corrected chi connectivity index (χ3v) is 4.97. The van der Waals surface area contributed by atoms with Gasteiger partial charge in [-0.1, -0.05) is 31.2 Å². The molecular weight excluding hydrogens is 330 g/mol. The van der Waals surface area contributed by atoms with Gasteiger partial charge in [0.1, 0.15) is 6.54 Å². The minimum atomic E-state index is -0.455. The summed E-state index contributed by atoms with van der Waals surface area (Å²) in [5.41, 5.74) is 3.19. The molecule has 26 heavy (non-hydrogen) atoms. The van der Waals surface area contributed by atoms with Gasteiger partial charge in [0.2, 0.25) is 0 Å². The van der Waals surface area contributed by atoms with Gasteiger partial charge in [-0.25, -0.2) is 0 Å². The van der Waals surface area contributed by atoms with Gasteiger partial charge in [-0.3, -0.25) is 14.9 Å². The van der Waals surface area contributed by atoms with Crippen molar-refractivity contribution in [3.8, 4) is 0 Å². The van der Waals surface area contributed by atoms with Crippen LogP contribution in [0.5, 0.6) is 0 Å². The van der Waals surface area contributed by atoms with Crippen LogP contribution in [0.2, 0.25) is 0 Å². The highest BCUT2D eigenvalue weighted by atomic mass is 16.6. The summed E-state index contributed by atoms with van der Waals surface area (Å²) in [6, 6.07) is 14.6. The number of nitrogens with zero attached hydrogens (tertiary/aromatic N) is 2. The molecule has 1 fully saturated rings. The molecule has 1 N–H and O–H groups in total. The summed E-state index contributed by atoms with van der Waals surface area (Å²) in [6.07, 6.45) is 1.05. The average molecular weight is 354 g/mol. The van der Waals surface area contributed by atoms with Crippen LogP contribution >= 0.6 is 0 Å². The highest BCUT2D eigenvalue weighted by molar-refractivity contribution is 5.94. The van der Waals surface area contributed by atoms with Crippen molar-refractivity contribution in [1.29, 1.82) is 0 Å². The Kier molecular flexibility index (Phi) is 5.63. The first-order chi connectivity index (χ1) is 12.6. The van der Waals surface area contributed by atoms with Crippen LogP contribution in [-0.2, 0) is 13.0 Å². The number of carbonyl (C=O) groups excluding carboxylic acids is 1. The van der Waals surface area contributed by atoms with E-state index in [1.54, 1.807) is 0 Å². The third kappa shape index (κ3) is 4.26. The maximum absolute atomic E-state index is 12.6. The van der Waals surface area contributed by atoms with Gasteiger partial charge in [-0.05, 0) is 24.1 Å². The van der Waals surface area contributed by atoms with Crippen molar-refractivity contribution in [2.75, 3.05) is 26.2 Å². The number of carbonyl (C=O) groups is 1. The van der Waals surface area contributed by atoms with Gasteiger partial charge in [0, 0.05) is 23.3 Å². The van der Waals surface area contributed by atoms with Crippen molar-refractivity contribution < 1.29 is 14.6 Å². The summed E-state index contributed by atoms with van der Waals surface area (Å²) in [6.45, 7) is 6.36. The molecule has 0 aromatic heterocycles. The summed E-state index contributed by atoms with van der Waals surface area (Å²) in [5, 5.41) is 10.7. The highest BCUT2D eigenvalue weighted by Gasteiger charge is 2.24. The second-order valence-corrected chi connectivity index (χ2v) is 6.69. The van der Waals surface area contributed by atoms with Crippen molar-refractivity contribution in [2.24, 2.45) is 0 Å². The summed E-state index contributed by atoms with van der Waals surface area (Å²) < 4.78 is 0. The zero-order valence-corrected chi connectivity index (χ0v) is 15.0. The number of hydrogen-bond donors (Lipinski definition) is 1. The minimum Gasteiger partial charge on any atom is -0.328 e. The van der Waals surface area contributed by atoms with Gasteiger partial charge >= 0.3 is 0 Å². The molecule has 1 amide bonds. The lowest BCUT2D eigenvalue weighted by Crippen LogP contribution is -3.13. The van der Waals surface area contributed by atoms with E-state index in [1.165, 1.54) is 40.3 Å². The molecule has 0 radical (unpaired) electrons. The second kappa shape index (κ2) is 8.10. The van der Waals surface area contributed by atoms with Gasteiger partial charge in [0.05, 0.1) is 31.1 Å². The number of quaternary nitrogens is 1. The van der Waals surface area contributed by atoms with E-state index < -0.39 is 4.92 Å². The first-order valence-electron chi connectivity index (χ1n) is 9.02. The lowest BCUT2D eigenvalue weighted by Gasteiger charge is -2.32. The summed E-state index contributed by atoms with van der Waals surface area (Å²) >= 11 is 0. The molecule has 2 aromatic rings. The quantitative estimate of drug-likeness (QED) is 0.656. The maximum atomic E-state index is 12.6. The van der Waals surface area contributed by atoms with E-state index in [9.17, 15) is 14.9 Å². The third-order valence-electron chi connectivity index (χ3n) is 4.97. The lowest BCUT2D eigenvalue weighted by atomic mass is 10.1. The van der Waals surface area contributed by atoms with E-state index in [2.05, 4.69) is 31.2 Å². The molecule has 0 saturated carbocycles. The van der Waals surface area contributed by atoms with Crippen LogP contribution in [0.1, 0.15) is 28.4 Å². The Morgan fingerprint density at radius 1 is 1.04 bits per heavy atom. The number of nitro benzene ring substituents is 1. The van der Waals surface area contributed by atoms with Crippen LogP contribution in [0, 0.1) is 10.1 Å². The Balaban J connectivity index is 1.53. The molecule has 0 unspecified atom stereocenters. The van der Waals surface area contributed by atoms with Gasteiger partial charge in [-0.2, -0.15) is 0 Å². The summed E-state index contributed by atoms with van der Waals surface area (Å²) in [4.78, 5) is 26.1. The maximum Gasteiger partial charge on any atom is 0.269 e. The van der Waals surface area contributed by atoms with Crippen molar-refractivity contribution >= 4 is 11.6 Å². The molecule has 0 aliphatic carbocycles. The summed E-state index contributed by atoms with van der Waals surface area (Å²) in [7, 11) is 0. The molecule has 136 valence electrons. The van der Waals surface area contributed by atoms with Crippen LogP contribution in [-0.4, -0.2) is 41.9 Å². The second-order valence-electron chi connectivity index (χ2n) is 6.69. The molecule has 0 atom stereocenters. The zero-order valence-electron chi connectivity index (χ0n) is 15.0. The van der Waals surface area contributed by atoms with Crippen LogP contribution < -0.4 is 4.90 Å². The number of aryl methyl sites for hydroxylation is 1. The van der Waals surface area contributed by atoms with Crippen molar-refractivity contribution in [3.63, 3.8) is 0 Å². The van der Waals surface area contributed by atoms with E-state index in [4.69, 9.17) is 0 Å². The largest absolute Gasteiger partial charge is 0.328 e. The fraction of sp³-hybridized carbons (Fsp3) is 0.350. The van der Waals surface area contributed by atoms with Crippen LogP contribution in [0.4, 0.5) is 5.69 Å². The molecule has 2 aromatic carbocycles. The lowest BCUT2D eigenvalue weighted by molar-refractivity contribution is -0.917. The van der Waals surface area contributed by atoms with Crippen molar-refractivity contribution in [2.45, 2.75) is 19.9 Å². The first-order valence-corrected chi connectivity index (χ1v) is 9.02. The van der Waals surface area contributed by atoms with Gasteiger partial charge < -0.3 is 9.80 Å². The number of piperazine rings is 1. The fourth-order valence-electron chi connectivity index (χ4n) is 3.29. The Morgan fingerprint density at radius 3 is 2.15 bits per heavy atom. The number of benzene rings is 2. The minimum absolute atomic E-state index is 0.00454. The van der Waals surface area contributed by atoms with E-state index >= 15 is 0 Å². The molecule has 0 spiro atoms. The first kappa shape index (κ1) is 18.1. The number of nitro groups is 1. The smallest absolute Gasteiger partial charge is 0.269 e. The van der Waals surface area contributed by atoms with E-state index in [1.807, 2.05) is 4.90 Å². The molecule has 1 saturated heterocycles. The standard InChI is InChI=1S/C20H23N3O3/c1-2-16-3-5-17(6-4-16)15-21-11-13-22(14-12-21)20(24)18-7-9-19(10-8-18)23(25)26/h3-10H,2,11-15H2,1H3/p+1. The van der Waals surface area contributed by atoms with Crippen LogP contribution in [0.25, 0.3) is 0 Å². The molecule has 1 heterocycles. The predicted molar refractivity (Wildman–Crippen MR) is 99.2 cm³/mol. The number of non-ortho nitro benzene ring substituents is 1. The predicted octanol–water partition coefficient (Wildman–Crippen LogP) is 1.70. The number of hydrogen-bond acceptors (Lipinski definition) is 3. The Hall–Kier alpha value is -2.73. The Labute approximate surface area is 153 Å². The average Bonchev–Trinajstić information content (AvgIpc) is 2.69. The van der Waals surface area contributed by atoms with Crippen LogP contribution in [0.3, 0.4) is 0 Å². The van der Waals surface area contributed by atoms with Crippen LogP contribution in [0.15, 0.2) is 48.5 Å². The number of rotatable bonds is 5. The summed E-state index contributed by atoms with van der Waals surface area (Å²) in [5.74, 6) is -0.0498. The van der Waals surface area contributed by atoms with Gasteiger partial charge in [0.15, 0.2) is 0 Å². The van der Waals surface area contributed by atoms with E-state index in [0.717, 1.165) is 26.1 Å². The fourth-order valence-corrected chi connectivity index (χ4v) is 3.29. The highest BCUT2D eigenvalue weighted by Crippen LogP contribution is 2.13. The van der Waals surface area contributed by atoms with E-state index in [0.29, 0.717) is 18.7 Å². The van der Waals surface area contributed by atoms with Crippen molar-refractivity contribution in [1.82, 2.24) is 4.90 Å². The molecule has 6 nitrogen and oxygen atoms in total. The molecular formula is C20H24N3O3+. The number of amides is 1. The Morgan fingerprint density at radius 2 is 1.62 bits per heavy atom. The molecule has 6 heteroatoms. The normalized spacial score (nSPS) is 15.0. The van der Waals surface area contributed by atoms with E-state index in [-0.39, 0.29) is 11.6 Å². The van der Waals surface area contributed by atoms with Crippen molar-refractivity contribution in [3.05, 3.63) is 75.3 Å². The number of nitrogens with one attached hydrogen (secondary N) is 1.